The minimum absolute atomic E-state index is 0.0198. The van der Waals surface area contributed by atoms with Gasteiger partial charge in [0.2, 0.25) is 0 Å². The molecule has 0 bridgehead atoms. The molecule has 2 rings (SSSR count). The van der Waals surface area contributed by atoms with Crippen molar-refractivity contribution in [2.24, 2.45) is 0 Å². The predicted octanol–water partition coefficient (Wildman–Crippen LogP) is 3.31. The summed E-state index contributed by atoms with van der Waals surface area (Å²) in [5.41, 5.74) is -0.00522. The Labute approximate surface area is 110 Å². The fraction of sp³-hybridized carbons (Fsp3) is 0.500. The lowest BCUT2D eigenvalue weighted by Crippen LogP contribution is -2.16. The van der Waals surface area contributed by atoms with Crippen LogP contribution in [0.1, 0.15) is 37.3 Å². The normalized spacial score (nSPS) is 17.1. The monoisotopic (exact) mass is 270 g/mol. The van der Waals surface area contributed by atoms with E-state index in [1.54, 1.807) is 6.07 Å². The molecule has 0 radical (unpaired) electrons. The van der Waals surface area contributed by atoms with Crippen LogP contribution in [0.2, 0.25) is 0 Å². The third kappa shape index (κ3) is 2.69. The Kier molecular flexibility index (Phi) is 3.24. The maximum Gasteiger partial charge on any atom is 0.304 e. The highest BCUT2D eigenvalue weighted by Gasteiger charge is 2.46. The fourth-order valence-corrected chi connectivity index (χ4v) is 2.39. The summed E-state index contributed by atoms with van der Waals surface area (Å²) in [4.78, 5) is 10.9. The van der Waals surface area contributed by atoms with Crippen LogP contribution in [-0.4, -0.2) is 18.2 Å². The number of carboxylic acid groups (broad SMARTS) is 1. The predicted molar refractivity (Wildman–Crippen MR) is 65.7 cm³/mol. The van der Waals surface area contributed by atoms with E-state index in [1.807, 2.05) is 0 Å². The zero-order valence-corrected chi connectivity index (χ0v) is 10.9. The molecule has 104 valence electrons. The third-order valence-electron chi connectivity index (χ3n) is 3.63. The second kappa shape index (κ2) is 4.47. The number of halogens is 2. The number of hydrogen-bond acceptors (Lipinski definition) is 2. The number of carbonyl (C=O) groups is 1. The molecular weight excluding hydrogens is 254 g/mol. The molecule has 1 aliphatic rings. The van der Waals surface area contributed by atoms with E-state index in [0.29, 0.717) is 5.56 Å². The van der Waals surface area contributed by atoms with Crippen molar-refractivity contribution in [3.63, 3.8) is 0 Å². The van der Waals surface area contributed by atoms with Crippen LogP contribution < -0.4 is 4.74 Å². The fourth-order valence-electron chi connectivity index (χ4n) is 2.39. The van der Waals surface area contributed by atoms with E-state index in [9.17, 15) is 13.6 Å². The van der Waals surface area contributed by atoms with E-state index in [2.05, 4.69) is 0 Å². The molecule has 0 amide bonds. The minimum Gasteiger partial charge on any atom is -0.496 e. The van der Waals surface area contributed by atoms with Gasteiger partial charge in [0.15, 0.2) is 0 Å². The van der Waals surface area contributed by atoms with Crippen molar-refractivity contribution in [2.45, 2.75) is 37.5 Å². The lowest BCUT2D eigenvalue weighted by Gasteiger charge is -2.19. The summed E-state index contributed by atoms with van der Waals surface area (Å²) in [6.45, 7) is 0.811. The molecule has 0 atom stereocenters. The summed E-state index contributed by atoms with van der Waals surface area (Å²) in [5, 5.41) is 8.91. The molecule has 1 aliphatic carbocycles. The average molecular weight is 270 g/mol. The summed E-state index contributed by atoms with van der Waals surface area (Å²) >= 11 is 0. The van der Waals surface area contributed by atoms with Gasteiger partial charge >= 0.3 is 5.97 Å². The van der Waals surface area contributed by atoms with Gasteiger partial charge in [0, 0.05) is 12.3 Å². The highest BCUT2D eigenvalue weighted by molar-refractivity contribution is 5.70. The standard InChI is InChI=1S/C14H16F2O3/c1-13(15,16)10-7-9(3-4-11(10)19-2)14(5-6-14)8-12(17)18/h3-4,7H,5-6,8H2,1-2H3,(H,17,18). The van der Waals surface area contributed by atoms with Crippen LogP contribution in [0.4, 0.5) is 8.78 Å². The van der Waals surface area contributed by atoms with Crippen LogP contribution in [0.5, 0.6) is 5.75 Å². The van der Waals surface area contributed by atoms with Crippen LogP contribution in [0, 0.1) is 0 Å². The summed E-state index contributed by atoms with van der Waals surface area (Å²) in [6, 6.07) is 4.56. The first-order chi connectivity index (χ1) is 8.78. The largest absolute Gasteiger partial charge is 0.496 e. The summed E-state index contributed by atoms with van der Waals surface area (Å²) in [6.07, 6.45) is 1.43. The van der Waals surface area contributed by atoms with Crippen molar-refractivity contribution in [1.29, 1.82) is 0 Å². The zero-order valence-electron chi connectivity index (χ0n) is 10.9. The van der Waals surface area contributed by atoms with Gasteiger partial charge in [-0.1, -0.05) is 6.07 Å². The first-order valence-corrected chi connectivity index (χ1v) is 6.07. The molecule has 0 saturated heterocycles. The molecule has 19 heavy (non-hydrogen) atoms. The van der Waals surface area contributed by atoms with Gasteiger partial charge in [-0.15, -0.1) is 0 Å². The molecule has 1 aromatic rings. The number of methoxy groups -OCH3 is 1. The van der Waals surface area contributed by atoms with Gasteiger partial charge in [-0.3, -0.25) is 4.79 Å². The Balaban J connectivity index is 2.42. The summed E-state index contributed by atoms with van der Waals surface area (Å²) in [5.74, 6) is -3.79. The quantitative estimate of drug-likeness (QED) is 0.892. The van der Waals surface area contributed by atoms with Crippen LogP contribution in [0.15, 0.2) is 18.2 Å². The van der Waals surface area contributed by atoms with Gasteiger partial charge in [0.1, 0.15) is 5.75 Å². The molecule has 0 aliphatic heterocycles. The SMILES string of the molecule is COc1ccc(C2(CC(=O)O)CC2)cc1C(C)(F)F. The van der Waals surface area contributed by atoms with E-state index in [4.69, 9.17) is 9.84 Å². The van der Waals surface area contributed by atoms with E-state index in [1.165, 1.54) is 19.2 Å². The van der Waals surface area contributed by atoms with E-state index in [0.717, 1.165) is 19.8 Å². The first kappa shape index (κ1) is 13.8. The number of aliphatic carboxylic acids is 1. The second-order valence-corrected chi connectivity index (χ2v) is 5.15. The molecule has 0 aromatic heterocycles. The van der Waals surface area contributed by atoms with E-state index in [-0.39, 0.29) is 17.7 Å². The number of benzene rings is 1. The Morgan fingerprint density at radius 1 is 1.47 bits per heavy atom. The van der Waals surface area contributed by atoms with Crippen molar-refractivity contribution in [3.05, 3.63) is 29.3 Å². The molecule has 5 heteroatoms. The van der Waals surface area contributed by atoms with Crippen LogP contribution in [0.3, 0.4) is 0 Å². The van der Waals surface area contributed by atoms with Gasteiger partial charge in [-0.05, 0) is 30.5 Å². The molecule has 1 saturated carbocycles. The van der Waals surface area contributed by atoms with Crippen LogP contribution in [-0.2, 0) is 16.1 Å². The maximum atomic E-state index is 13.6. The molecule has 0 spiro atoms. The van der Waals surface area contributed by atoms with E-state index >= 15 is 0 Å². The lowest BCUT2D eigenvalue weighted by atomic mass is 9.90. The number of alkyl halides is 2. The van der Waals surface area contributed by atoms with Gasteiger partial charge in [-0.25, -0.2) is 8.78 Å². The lowest BCUT2D eigenvalue weighted by molar-refractivity contribution is -0.137. The highest BCUT2D eigenvalue weighted by atomic mass is 19.3. The van der Waals surface area contributed by atoms with Crippen LogP contribution >= 0.6 is 0 Å². The smallest absolute Gasteiger partial charge is 0.304 e. The second-order valence-electron chi connectivity index (χ2n) is 5.15. The Morgan fingerprint density at radius 3 is 2.53 bits per heavy atom. The Bertz CT molecular complexity index is 502. The topological polar surface area (TPSA) is 46.5 Å². The average Bonchev–Trinajstić information content (AvgIpc) is 3.07. The molecule has 0 unspecified atom stereocenters. The first-order valence-electron chi connectivity index (χ1n) is 6.07. The van der Waals surface area contributed by atoms with Gasteiger partial charge in [-0.2, -0.15) is 0 Å². The van der Waals surface area contributed by atoms with Crippen LogP contribution in [0.25, 0.3) is 0 Å². The molecule has 3 nitrogen and oxygen atoms in total. The van der Waals surface area contributed by atoms with Crippen molar-refractivity contribution >= 4 is 5.97 Å². The highest BCUT2D eigenvalue weighted by Crippen LogP contribution is 2.52. The van der Waals surface area contributed by atoms with Crippen molar-refractivity contribution in [1.82, 2.24) is 0 Å². The molecule has 1 aromatic carbocycles. The molecule has 1 fully saturated rings. The molecular formula is C14H16F2O3. The third-order valence-corrected chi connectivity index (χ3v) is 3.63. The van der Waals surface area contributed by atoms with Gasteiger partial charge < -0.3 is 9.84 Å². The van der Waals surface area contributed by atoms with Crippen molar-refractivity contribution in [3.8, 4) is 5.75 Å². The maximum absolute atomic E-state index is 13.6. The van der Waals surface area contributed by atoms with Gasteiger partial charge in [0.05, 0.1) is 19.1 Å². The number of ether oxygens (including phenoxy) is 1. The summed E-state index contributed by atoms with van der Waals surface area (Å²) in [7, 11) is 1.34. The molecule has 0 heterocycles. The number of carboxylic acids is 1. The summed E-state index contributed by atoms with van der Waals surface area (Å²) < 4.78 is 32.1. The Hall–Kier alpha value is -1.65. The van der Waals surface area contributed by atoms with Crippen molar-refractivity contribution < 1.29 is 23.4 Å². The minimum atomic E-state index is -3.01. The Morgan fingerprint density at radius 2 is 2.11 bits per heavy atom. The van der Waals surface area contributed by atoms with Crippen molar-refractivity contribution in [2.75, 3.05) is 7.11 Å². The number of rotatable bonds is 5. The van der Waals surface area contributed by atoms with Gasteiger partial charge in [0.25, 0.3) is 5.92 Å². The molecule has 1 N–H and O–H groups in total. The van der Waals surface area contributed by atoms with E-state index < -0.39 is 17.3 Å². The zero-order chi connectivity index (χ0) is 14.3. The number of hydrogen-bond donors (Lipinski definition) is 1.